The molecule has 1 aliphatic carbocycles. The van der Waals surface area contributed by atoms with E-state index in [0.29, 0.717) is 24.7 Å². The molecule has 3 heterocycles. The van der Waals surface area contributed by atoms with Crippen LogP contribution < -0.4 is 10.6 Å². The zero-order valence-electron chi connectivity index (χ0n) is 19.6. The molecule has 34 heavy (non-hydrogen) atoms. The highest BCUT2D eigenvalue weighted by Crippen LogP contribution is 2.34. The van der Waals surface area contributed by atoms with E-state index >= 15 is 0 Å². The van der Waals surface area contributed by atoms with Crippen molar-refractivity contribution in [3.8, 4) is 0 Å². The monoisotopic (exact) mass is 475 g/mol. The van der Waals surface area contributed by atoms with Crippen molar-refractivity contribution in [1.82, 2.24) is 24.4 Å². The summed E-state index contributed by atoms with van der Waals surface area (Å²) >= 11 is 0. The van der Waals surface area contributed by atoms with Crippen molar-refractivity contribution in [2.75, 3.05) is 17.2 Å². The first-order chi connectivity index (χ1) is 16.1. The van der Waals surface area contributed by atoms with Crippen molar-refractivity contribution in [2.45, 2.75) is 70.9 Å². The Kier molecular flexibility index (Phi) is 6.83. The Bertz CT molecular complexity index is 1140. The van der Waals surface area contributed by atoms with Crippen molar-refractivity contribution in [1.29, 1.82) is 0 Å². The quantitative estimate of drug-likeness (QED) is 0.444. The molecule has 1 saturated carbocycles. The van der Waals surface area contributed by atoms with Gasteiger partial charge >= 0.3 is 0 Å². The highest BCUT2D eigenvalue weighted by Gasteiger charge is 2.26. The Labute approximate surface area is 196 Å². The van der Waals surface area contributed by atoms with Crippen LogP contribution in [0.4, 0.5) is 20.3 Å². The summed E-state index contributed by atoms with van der Waals surface area (Å²) in [5.74, 6) is 0.548. The van der Waals surface area contributed by atoms with Gasteiger partial charge in [0.05, 0.1) is 23.5 Å². The smallest absolute Gasteiger partial charge is 0.284 e. The zero-order chi connectivity index (χ0) is 24.5. The maximum atomic E-state index is 13.7. The summed E-state index contributed by atoms with van der Waals surface area (Å²) in [5.41, 5.74) is -0.812. The SMILES string of the molecule is CC1CCC(n2cc(NC(=O)c3cnn4ccc(NCCC(C)(C)O)nc34)c(C(F)F)n2)CC1. The lowest BCUT2D eigenvalue weighted by molar-refractivity contribution is 0.0748. The third-order valence-electron chi connectivity index (χ3n) is 6.23. The molecule has 0 saturated heterocycles. The fourth-order valence-electron chi connectivity index (χ4n) is 4.17. The first kappa shape index (κ1) is 24.1. The molecule has 0 aliphatic heterocycles. The third-order valence-corrected chi connectivity index (χ3v) is 6.23. The van der Waals surface area contributed by atoms with E-state index in [9.17, 15) is 18.7 Å². The lowest BCUT2D eigenvalue weighted by Crippen LogP contribution is -2.23. The Morgan fingerprint density at radius 1 is 1.29 bits per heavy atom. The number of nitrogens with zero attached hydrogens (tertiary/aromatic N) is 5. The van der Waals surface area contributed by atoms with E-state index in [1.165, 1.54) is 16.9 Å². The van der Waals surface area contributed by atoms with Crippen LogP contribution in [0.2, 0.25) is 0 Å². The van der Waals surface area contributed by atoms with Gasteiger partial charge in [0.2, 0.25) is 0 Å². The van der Waals surface area contributed by atoms with Gasteiger partial charge in [0.15, 0.2) is 11.3 Å². The lowest BCUT2D eigenvalue weighted by atomic mass is 9.87. The van der Waals surface area contributed by atoms with Gasteiger partial charge in [-0.3, -0.25) is 9.48 Å². The molecule has 1 amide bonds. The topological polar surface area (TPSA) is 109 Å². The molecule has 184 valence electrons. The highest BCUT2D eigenvalue weighted by atomic mass is 19.3. The average molecular weight is 476 g/mol. The zero-order valence-corrected chi connectivity index (χ0v) is 19.6. The molecule has 0 bridgehead atoms. The van der Waals surface area contributed by atoms with E-state index in [4.69, 9.17) is 0 Å². The molecule has 0 unspecified atom stereocenters. The number of carbonyl (C=O) groups is 1. The summed E-state index contributed by atoms with van der Waals surface area (Å²) in [5, 5.41) is 23.8. The maximum absolute atomic E-state index is 13.7. The highest BCUT2D eigenvalue weighted by molar-refractivity contribution is 6.08. The molecule has 3 aromatic rings. The van der Waals surface area contributed by atoms with Gasteiger partial charge in [0, 0.05) is 18.9 Å². The molecule has 3 N–H and O–H groups in total. The van der Waals surface area contributed by atoms with E-state index in [0.717, 1.165) is 25.7 Å². The molecule has 11 heteroatoms. The number of amides is 1. The maximum Gasteiger partial charge on any atom is 0.284 e. The van der Waals surface area contributed by atoms with Gasteiger partial charge in [0.1, 0.15) is 11.4 Å². The summed E-state index contributed by atoms with van der Waals surface area (Å²) in [7, 11) is 0. The molecular formula is C23H31F2N7O2. The number of aromatic nitrogens is 5. The Balaban J connectivity index is 1.53. The van der Waals surface area contributed by atoms with Crippen LogP contribution in [0.1, 0.15) is 81.4 Å². The third kappa shape index (κ3) is 5.52. The molecule has 0 aromatic carbocycles. The van der Waals surface area contributed by atoms with E-state index in [1.807, 2.05) is 0 Å². The van der Waals surface area contributed by atoms with Crippen molar-refractivity contribution >= 4 is 23.1 Å². The lowest BCUT2D eigenvalue weighted by Gasteiger charge is -2.26. The van der Waals surface area contributed by atoms with Crippen LogP contribution in [0.15, 0.2) is 24.7 Å². The molecule has 3 aromatic heterocycles. The minimum Gasteiger partial charge on any atom is -0.390 e. The van der Waals surface area contributed by atoms with Crippen LogP contribution >= 0.6 is 0 Å². The number of hydrogen-bond donors (Lipinski definition) is 3. The van der Waals surface area contributed by atoms with Crippen molar-refractivity contribution < 1.29 is 18.7 Å². The predicted octanol–water partition coefficient (Wildman–Crippen LogP) is 4.44. The van der Waals surface area contributed by atoms with Crippen molar-refractivity contribution in [3.05, 3.63) is 35.9 Å². The van der Waals surface area contributed by atoms with Gasteiger partial charge in [-0.15, -0.1) is 0 Å². The summed E-state index contributed by atoms with van der Waals surface area (Å²) in [6.07, 6.45) is 6.00. The number of nitrogens with one attached hydrogen (secondary N) is 2. The molecular weight excluding hydrogens is 444 g/mol. The molecule has 0 atom stereocenters. The summed E-state index contributed by atoms with van der Waals surface area (Å²) in [6, 6.07) is 1.76. The van der Waals surface area contributed by atoms with Gasteiger partial charge in [-0.1, -0.05) is 6.92 Å². The van der Waals surface area contributed by atoms with E-state index in [2.05, 4.69) is 32.7 Å². The van der Waals surface area contributed by atoms with Crippen LogP contribution in [-0.2, 0) is 0 Å². The van der Waals surface area contributed by atoms with E-state index in [1.54, 1.807) is 30.8 Å². The first-order valence-electron chi connectivity index (χ1n) is 11.6. The standard InChI is InChI=1S/C23H31F2N7O2/c1-14-4-6-15(7-5-14)32-13-17(19(30-32)20(24)25)28-22(33)16-12-27-31-11-8-18(29-21(16)31)26-10-9-23(2,3)34/h8,11-15,20,34H,4-7,9-10H2,1-3H3,(H,26,29)(H,28,33). The first-order valence-corrected chi connectivity index (χ1v) is 11.6. The van der Waals surface area contributed by atoms with Gasteiger partial charge in [-0.2, -0.15) is 10.2 Å². The second-order valence-electron chi connectivity index (χ2n) is 9.70. The summed E-state index contributed by atoms with van der Waals surface area (Å²) in [6.45, 7) is 6.11. The number of fused-ring (bicyclic) bond motifs is 1. The van der Waals surface area contributed by atoms with Gasteiger partial charge in [-0.25, -0.2) is 18.3 Å². The number of rotatable bonds is 8. The van der Waals surface area contributed by atoms with Gasteiger partial charge in [0.25, 0.3) is 12.3 Å². The molecule has 4 rings (SSSR count). The minimum atomic E-state index is -2.81. The molecule has 1 fully saturated rings. The number of anilines is 2. The average Bonchev–Trinajstić information content (AvgIpc) is 3.37. The summed E-state index contributed by atoms with van der Waals surface area (Å²) in [4.78, 5) is 17.4. The van der Waals surface area contributed by atoms with Crippen LogP contribution in [0.5, 0.6) is 0 Å². The second kappa shape index (κ2) is 9.65. The van der Waals surface area contributed by atoms with E-state index in [-0.39, 0.29) is 22.9 Å². The predicted molar refractivity (Wildman–Crippen MR) is 124 cm³/mol. The Morgan fingerprint density at radius 3 is 2.71 bits per heavy atom. The van der Waals surface area contributed by atoms with Crippen molar-refractivity contribution in [2.24, 2.45) is 5.92 Å². The number of carbonyl (C=O) groups excluding carboxylic acids is 1. The fraction of sp³-hybridized carbons (Fsp3) is 0.565. The molecule has 0 radical (unpaired) electrons. The minimum absolute atomic E-state index is 0.00238. The Morgan fingerprint density at radius 2 is 2.03 bits per heavy atom. The van der Waals surface area contributed by atoms with Crippen LogP contribution in [0, 0.1) is 5.92 Å². The fourth-order valence-corrected chi connectivity index (χ4v) is 4.17. The molecule has 9 nitrogen and oxygen atoms in total. The van der Waals surface area contributed by atoms with Crippen molar-refractivity contribution in [3.63, 3.8) is 0 Å². The Hall–Kier alpha value is -3.08. The van der Waals surface area contributed by atoms with Crippen LogP contribution in [0.25, 0.3) is 5.65 Å². The van der Waals surface area contributed by atoms with Gasteiger partial charge in [-0.05, 0) is 57.9 Å². The molecule has 0 spiro atoms. The van der Waals surface area contributed by atoms with Crippen LogP contribution in [0.3, 0.4) is 0 Å². The molecule has 1 aliphatic rings. The normalized spacial score (nSPS) is 19.0. The van der Waals surface area contributed by atoms with Crippen LogP contribution in [-0.4, -0.2) is 47.5 Å². The largest absolute Gasteiger partial charge is 0.390 e. The summed E-state index contributed by atoms with van der Waals surface area (Å²) < 4.78 is 30.4. The number of aliphatic hydroxyl groups is 1. The number of alkyl halides is 2. The number of halogens is 2. The number of hydrogen-bond acceptors (Lipinski definition) is 6. The van der Waals surface area contributed by atoms with E-state index < -0.39 is 23.6 Å². The second-order valence-corrected chi connectivity index (χ2v) is 9.70. The van der Waals surface area contributed by atoms with Gasteiger partial charge < -0.3 is 15.7 Å².